The van der Waals surface area contributed by atoms with E-state index in [1.165, 1.54) is 0 Å². The lowest BCUT2D eigenvalue weighted by Crippen LogP contribution is -2.51. The maximum atomic E-state index is 12.2. The molecule has 1 saturated heterocycles. The third-order valence-electron chi connectivity index (χ3n) is 3.22. The quantitative estimate of drug-likeness (QED) is 0.811. The van der Waals surface area contributed by atoms with Gasteiger partial charge in [-0.25, -0.2) is 0 Å². The lowest BCUT2D eigenvalue weighted by molar-refractivity contribution is 0.147. The van der Waals surface area contributed by atoms with Crippen molar-refractivity contribution in [1.29, 1.82) is 0 Å². The Labute approximate surface area is 117 Å². The van der Waals surface area contributed by atoms with E-state index < -0.39 is 12.9 Å². The fourth-order valence-electron chi connectivity index (χ4n) is 1.96. The number of nitrogens with one attached hydrogen (secondary N) is 1. The molecule has 0 amide bonds. The highest BCUT2D eigenvalue weighted by atomic mass is 79.9. The molecule has 5 nitrogen and oxygen atoms in total. The van der Waals surface area contributed by atoms with Crippen LogP contribution >= 0.6 is 24.6 Å². The minimum atomic E-state index is -3.73. The summed E-state index contributed by atoms with van der Waals surface area (Å²) in [5, 5.41) is 2.12. The Balaban J connectivity index is 0.00000162. The van der Waals surface area contributed by atoms with Crippen LogP contribution in [0.25, 0.3) is 0 Å². The molecule has 1 aromatic rings. The molecule has 3 atom stereocenters. The Kier molecular flexibility index (Phi) is 5.09. The van der Waals surface area contributed by atoms with Gasteiger partial charge in [-0.05, 0) is 19.4 Å². The zero-order valence-corrected chi connectivity index (χ0v) is 13.0. The molecule has 102 valence electrons. The SMILES string of the molecule is Br.CCC1COP(=O)(O)C(C)(c2cccnc2)N1. The van der Waals surface area contributed by atoms with E-state index in [-0.39, 0.29) is 29.6 Å². The highest BCUT2D eigenvalue weighted by Crippen LogP contribution is 2.61. The van der Waals surface area contributed by atoms with Crippen LogP contribution in [0.1, 0.15) is 25.8 Å². The molecule has 1 fully saturated rings. The van der Waals surface area contributed by atoms with Crippen molar-refractivity contribution in [3.63, 3.8) is 0 Å². The maximum Gasteiger partial charge on any atom is 0.352 e. The van der Waals surface area contributed by atoms with E-state index in [0.717, 1.165) is 6.42 Å². The third kappa shape index (κ3) is 2.68. The van der Waals surface area contributed by atoms with Crippen molar-refractivity contribution in [1.82, 2.24) is 10.3 Å². The number of halogens is 1. The molecule has 2 N–H and O–H groups in total. The highest BCUT2D eigenvalue weighted by molar-refractivity contribution is 8.93. The molecule has 1 aliphatic rings. The van der Waals surface area contributed by atoms with E-state index in [1.54, 1.807) is 31.5 Å². The van der Waals surface area contributed by atoms with Crippen LogP contribution in [0.5, 0.6) is 0 Å². The molecular weight excluding hydrogens is 319 g/mol. The summed E-state index contributed by atoms with van der Waals surface area (Å²) in [6.45, 7) is 3.96. The Morgan fingerprint density at radius 1 is 1.72 bits per heavy atom. The first-order valence-electron chi connectivity index (χ1n) is 5.65. The van der Waals surface area contributed by atoms with E-state index in [1.807, 2.05) is 6.92 Å². The van der Waals surface area contributed by atoms with Gasteiger partial charge in [0.15, 0.2) is 0 Å². The van der Waals surface area contributed by atoms with Gasteiger partial charge in [0.1, 0.15) is 5.28 Å². The summed E-state index contributed by atoms with van der Waals surface area (Å²) in [4.78, 5) is 14.0. The number of nitrogens with zero attached hydrogens (tertiary/aromatic N) is 1. The topological polar surface area (TPSA) is 71.5 Å². The second-order valence-electron chi connectivity index (χ2n) is 4.38. The molecule has 1 aliphatic heterocycles. The van der Waals surface area contributed by atoms with Crippen molar-refractivity contribution in [2.45, 2.75) is 31.6 Å². The number of hydrogen-bond acceptors (Lipinski definition) is 4. The van der Waals surface area contributed by atoms with Crippen molar-refractivity contribution in [2.24, 2.45) is 0 Å². The van der Waals surface area contributed by atoms with Crippen LogP contribution in [0, 0.1) is 0 Å². The molecule has 7 heteroatoms. The van der Waals surface area contributed by atoms with Gasteiger partial charge in [-0.15, -0.1) is 17.0 Å². The zero-order valence-electron chi connectivity index (χ0n) is 10.4. The van der Waals surface area contributed by atoms with Crippen LogP contribution < -0.4 is 5.32 Å². The molecule has 3 unspecified atom stereocenters. The Bertz CT molecular complexity index is 445. The van der Waals surface area contributed by atoms with Crippen LogP contribution in [0.15, 0.2) is 24.5 Å². The average Bonchev–Trinajstić information content (AvgIpc) is 2.34. The Hall–Kier alpha value is -0.260. The molecule has 0 radical (unpaired) electrons. The summed E-state index contributed by atoms with van der Waals surface area (Å²) in [6, 6.07) is 3.61. The molecule has 1 aromatic heterocycles. The monoisotopic (exact) mass is 336 g/mol. The van der Waals surface area contributed by atoms with Crippen LogP contribution in [0.4, 0.5) is 0 Å². The molecule has 0 aliphatic carbocycles. The Morgan fingerprint density at radius 2 is 2.44 bits per heavy atom. The average molecular weight is 337 g/mol. The number of aromatic nitrogens is 1. The van der Waals surface area contributed by atoms with Gasteiger partial charge in [0.05, 0.1) is 6.61 Å². The zero-order chi connectivity index (χ0) is 12.5. The second-order valence-corrected chi connectivity index (χ2v) is 6.57. The Morgan fingerprint density at radius 3 is 3.00 bits per heavy atom. The van der Waals surface area contributed by atoms with E-state index in [2.05, 4.69) is 10.3 Å². The summed E-state index contributed by atoms with van der Waals surface area (Å²) < 4.78 is 17.4. The van der Waals surface area contributed by atoms with Crippen molar-refractivity contribution in [3.05, 3.63) is 30.1 Å². The minimum Gasteiger partial charge on any atom is -0.323 e. The summed E-state index contributed by atoms with van der Waals surface area (Å²) in [7, 11) is -3.73. The second kappa shape index (κ2) is 5.80. The molecular formula is C11H18BrN2O3P. The van der Waals surface area contributed by atoms with Gasteiger partial charge >= 0.3 is 7.60 Å². The fourth-order valence-corrected chi connectivity index (χ4v) is 3.40. The van der Waals surface area contributed by atoms with Crippen molar-refractivity contribution in [3.8, 4) is 0 Å². The van der Waals surface area contributed by atoms with Gasteiger partial charge in [-0.3, -0.25) is 14.9 Å². The molecule has 2 rings (SSSR count). The number of hydrogen-bond donors (Lipinski definition) is 2. The first kappa shape index (κ1) is 15.8. The van der Waals surface area contributed by atoms with E-state index in [9.17, 15) is 9.46 Å². The summed E-state index contributed by atoms with van der Waals surface area (Å²) in [5.74, 6) is 0. The van der Waals surface area contributed by atoms with Crippen molar-refractivity contribution >= 4 is 24.6 Å². The predicted molar refractivity (Wildman–Crippen MR) is 74.9 cm³/mol. The van der Waals surface area contributed by atoms with E-state index >= 15 is 0 Å². The molecule has 0 bridgehead atoms. The molecule has 0 spiro atoms. The molecule has 2 heterocycles. The summed E-state index contributed by atoms with van der Waals surface area (Å²) in [6.07, 6.45) is 4.07. The van der Waals surface area contributed by atoms with Gasteiger partial charge in [0.25, 0.3) is 0 Å². The number of rotatable bonds is 2. The number of pyridine rings is 1. The minimum absolute atomic E-state index is 0. The van der Waals surface area contributed by atoms with E-state index in [4.69, 9.17) is 4.52 Å². The van der Waals surface area contributed by atoms with Crippen LogP contribution in [-0.2, 0) is 14.4 Å². The first-order chi connectivity index (χ1) is 7.99. The smallest absolute Gasteiger partial charge is 0.323 e. The van der Waals surface area contributed by atoms with Gasteiger partial charge in [-0.2, -0.15) is 0 Å². The largest absolute Gasteiger partial charge is 0.352 e. The van der Waals surface area contributed by atoms with Crippen LogP contribution in [0.3, 0.4) is 0 Å². The molecule has 0 aromatic carbocycles. The molecule has 0 saturated carbocycles. The van der Waals surface area contributed by atoms with Gasteiger partial charge in [0, 0.05) is 24.0 Å². The standard InChI is InChI=1S/C11H17N2O3P.BrH/c1-3-10-8-16-17(14,15)11(2,13-10)9-5-4-6-12-7-9;/h4-7,10,13H,3,8H2,1-2H3,(H,14,15);1H. The third-order valence-corrected chi connectivity index (χ3v) is 5.23. The van der Waals surface area contributed by atoms with E-state index in [0.29, 0.717) is 5.56 Å². The lowest BCUT2D eigenvalue weighted by Gasteiger charge is -2.42. The van der Waals surface area contributed by atoms with Gasteiger partial charge < -0.3 is 9.42 Å². The summed E-state index contributed by atoms with van der Waals surface area (Å²) >= 11 is 0. The first-order valence-corrected chi connectivity index (χ1v) is 7.23. The van der Waals surface area contributed by atoms with Gasteiger partial charge in [0.2, 0.25) is 0 Å². The lowest BCUT2D eigenvalue weighted by atomic mass is 10.1. The van der Waals surface area contributed by atoms with Crippen molar-refractivity contribution in [2.75, 3.05) is 6.61 Å². The highest BCUT2D eigenvalue weighted by Gasteiger charge is 2.50. The van der Waals surface area contributed by atoms with Gasteiger partial charge in [-0.1, -0.05) is 13.0 Å². The van der Waals surface area contributed by atoms with Crippen LogP contribution in [0.2, 0.25) is 0 Å². The van der Waals surface area contributed by atoms with Crippen molar-refractivity contribution < 1.29 is 14.0 Å². The molecule has 18 heavy (non-hydrogen) atoms. The maximum absolute atomic E-state index is 12.2. The fraction of sp³-hybridized carbons (Fsp3) is 0.545. The van der Waals surface area contributed by atoms with Crippen LogP contribution in [-0.4, -0.2) is 22.5 Å². The predicted octanol–water partition coefficient (Wildman–Crippen LogP) is 2.42. The normalized spacial score (nSPS) is 35.8. The summed E-state index contributed by atoms with van der Waals surface area (Å²) in [5.41, 5.74) is 0.670.